The SMILES string of the molecule is Cc1cc(/C=C2\SC(=O)N(Cc3cccc4ccccc34)C2=O)c(C)n1-c1ccc([N+](=O)[O-])cc1. The molecule has 1 fully saturated rings. The number of imide groups is 1. The molecule has 5 rings (SSSR count). The number of rotatable bonds is 5. The predicted octanol–water partition coefficient (Wildman–Crippen LogP) is 6.39. The Kier molecular flexibility index (Phi) is 5.74. The highest BCUT2D eigenvalue weighted by atomic mass is 32.2. The molecule has 0 spiro atoms. The van der Waals surface area contributed by atoms with Crippen molar-refractivity contribution < 1.29 is 14.5 Å². The summed E-state index contributed by atoms with van der Waals surface area (Å²) in [5.74, 6) is -0.312. The van der Waals surface area contributed by atoms with Gasteiger partial charge in [-0.2, -0.15) is 0 Å². The van der Waals surface area contributed by atoms with Gasteiger partial charge in [0.25, 0.3) is 16.8 Å². The van der Waals surface area contributed by atoms with Gasteiger partial charge in [0.1, 0.15) is 0 Å². The standard InChI is InChI=1S/C27H21N3O4S/c1-17-14-21(18(2)29(17)22-10-12-23(13-11-22)30(33)34)15-25-26(31)28(27(32)35-25)16-20-8-5-7-19-6-3-4-9-24(19)20/h3-15H,16H2,1-2H3/b25-15-. The number of non-ortho nitro benzene ring substituents is 1. The second-order valence-corrected chi connectivity index (χ2v) is 9.33. The minimum absolute atomic E-state index is 0.0244. The van der Waals surface area contributed by atoms with Crippen molar-refractivity contribution in [2.24, 2.45) is 0 Å². The smallest absolute Gasteiger partial charge is 0.293 e. The third-order valence-corrected chi connectivity index (χ3v) is 7.06. The van der Waals surface area contributed by atoms with Gasteiger partial charge in [0.2, 0.25) is 0 Å². The van der Waals surface area contributed by atoms with Gasteiger partial charge < -0.3 is 4.57 Å². The number of nitrogens with zero attached hydrogens (tertiary/aromatic N) is 3. The number of fused-ring (bicyclic) bond motifs is 1. The molecular formula is C27H21N3O4S. The lowest BCUT2D eigenvalue weighted by atomic mass is 10.0. The van der Waals surface area contributed by atoms with Crippen LogP contribution >= 0.6 is 11.8 Å². The maximum atomic E-state index is 13.2. The number of nitro benzene ring substituents is 1. The van der Waals surface area contributed by atoms with Gasteiger partial charge in [-0.05, 0) is 71.8 Å². The molecule has 0 atom stereocenters. The van der Waals surface area contributed by atoms with E-state index in [0.29, 0.717) is 4.91 Å². The summed E-state index contributed by atoms with van der Waals surface area (Å²) in [5, 5.41) is 12.8. The molecule has 1 aliphatic heterocycles. The van der Waals surface area contributed by atoms with Gasteiger partial charge in [-0.15, -0.1) is 0 Å². The largest absolute Gasteiger partial charge is 0.318 e. The fraction of sp³-hybridized carbons (Fsp3) is 0.111. The number of nitro groups is 1. The van der Waals surface area contributed by atoms with E-state index in [1.807, 2.05) is 66.9 Å². The summed E-state index contributed by atoms with van der Waals surface area (Å²) >= 11 is 0.940. The highest BCUT2D eigenvalue weighted by Gasteiger charge is 2.35. The number of hydrogen-bond donors (Lipinski definition) is 0. The van der Waals surface area contributed by atoms with Gasteiger partial charge in [-0.3, -0.25) is 24.6 Å². The van der Waals surface area contributed by atoms with E-state index in [-0.39, 0.29) is 23.4 Å². The van der Waals surface area contributed by atoms with Crippen LogP contribution in [0.4, 0.5) is 10.5 Å². The highest BCUT2D eigenvalue weighted by molar-refractivity contribution is 8.18. The molecular weight excluding hydrogens is 462 g/mol. The Hall–Kier alpha value is -4.17. The molecule has 7 nitrogen and oxygen atoms in total. The number of aryl methyl sites for hydroxylation is 1. The molecule has 0 radical (unpaired) electrons. The quantitative estimate of drug-likeness (QED) is 0.186. The zero-order valence-electron chi connectivity index (χ0n) is 19.1. The summed E-state index contributed by atoms with van der Waals surface area (Å²) < 4.78 is 1.97. The Morgan fingerprint density at radius 2 is 1.69 bits per heavy atom. The Balaban J connectivity index is 1.44. The van der Waals surface area contributed by atoms with E-state index in [2.05, 4.69) is 0 Å². The Morgan fingerprint density at radius 3 is 2.43 bits per heavy atom. The third-order valence-electron chi connectivity index (χ3n) is 6.16. The fourth-order valence-electron chi connectivity index (χ4n) is 4.43. The van der Waals surface area contributed by atoms with Crippen LogP contribution in [0, 0.1) is 24.0 Å². The first-order valence-electron chi connectivity index (χ1n) is 11.0. The van der Waals surface area contributed by atoms with Crippen molar-refractivity contribution in [3.63, 3.8) is 0 Å². The maximum absolute atomic E-state index is 13.2. The first-order chi connectivity index (χ1) is 16.8. The molecule has 1 aliphatic rings. The van der Waals surface area contributed by atoms with Crippen molar-refractivity contribution >= 4 is 45.4 Å². The molecule has 0 unspecified atom stereocenters. The van der Waals surface area contributed by atoms with Gasteiger partial charge in [0, 0.05) is 29.2 Å². The summed E-state index contributed by atoms with van der Waals surface area (Å²) in [6.45, 7) is 4.06. The zero-order valence-corrected chi connectivity index (χ0v) is 19.9. The number of amides is 2. The second kappa shape index (κ2) is 8.88. The second-order valence-electron chi connectivity index (χ2n) is 8.34. The van der Waals surface area contributed by atoms with E-state index < -0.39 is 4.92 Å². The number of carbonyl (C=O) groups is 2. The van der Waals surface area contributed by atoms with Crippen LogP contribution in [0.1, 0.15) is 22.5 Å². The van der Waals surface area contributed by atoms with Crippen LogP contribution in [0.15, 0.2) is 77.7 Å². The van der Waals surface area contributed by atoms with E-state index in [0.717, 1.165) is 50.7 Å². The van der Waals surface area contributed by atoms with Gasteiger partial charge in [0.15, 0.2) is 0 Å². The fourth-order valence-corrected chi connectivity index (χ4v) is 5.26. The molecule has 1 saturated heterocycles. The number of carbonyl (C=O) groups excluding carboxylic acids is 2. The number of aromatic nitrogens is 1. The molecule has 174 valence electrons. The van der Waals surface area contributed by atoms with Gasteiger partial charge in [-0.25, -0.2) is 0 Å². The Labute approximate surface area is 205 Å². The highest BCUT2D eigenvalue weighted by Crippen LogP contribution is 2.35. The van der Waals surface area contributed by atoms with Crippen LogP contribution in [0.25, 0.3) is 22.5 Å². The van der Waals surface area contributed by atoms with Crippen molar-refractivity contribution in [3.8, 4) is 5.69 Å². The summed E-state index contributed by atoms with van der Waals surface area (Å²) in [4.78, 5) is 38.1. The van der Waals surface area contributed by atoms with Crippen LogP contribution in [0.5, 0.6) is 0 Å². The van der Waals surface area contributed by atoms with E-state index >= 15 is 0 Å². The third kappa shape index (κ3) is 4.13. The topological polar surface area (TPSA) is 85.5 Å². The van der Waals surface area contributed by atoms with Crippen LogP contribution < -0.4 is 0 Å². The van der Waals surface area contributed by atoms with Crippen molar-refractivity contribution in [1.29, 1.82) is 0 Å². The van der Waals surface area contributed by atoms with E-state index in [1.165, 1.54) is 17.0 Å². The molecule has 0 bridgehead atoms. The average molecular weight is 484 g/mol. The number of benzene rings is 3. The maximum Gasteiger partial charge on any atom is 0.293 e. The first kappa shape index (κ1) is 22.6. The average Bonchev–Trinajstić information content (AvgIpc) is 3.28. The molecule has 2 amide bonds. The predicted molar refractivity (Wildman–Crippen MR) is 137 cm³/mol. The van der Waals surface area contributed by atoms with Crippen molar-refractivity contribution in [3.05, 3.63) is 110 Å². The molecule has 4 aromatic rings. The lowest BCUT2D eigenvalue weighted by Gasteiger charge is -2.14. The van der Waals surface area contributed by atoms with Crippen LogP contribution in [-0.2, 0) is 11.3 Å². The summed E-state index contributed by atoms with van der Waals surface area (Å²) in [5.41, 5.74) is 4.33. The molecule has 2 heterocycles. The van der Waals surface area contributed by atoms with Crippen LogP contribution in [-0.4, -0.2) is 25.5 Å². The van der Waals surface area contributed by atoms with Crippen LogP contribution in [0.3, 0.4) is 0 Å². The minimum Gasteiger partial charge on any atom is -0.318 e. The molecule has 8 heteroatoms. The molecule has 0 aliphatic carbocycles. The number of thioether (sulfide) groups is 1. The van der Waals surface area contributed by atoms with Gasteiger partial charge in [0.05, 0.1) is 16.4 Å². The Bertz CT molecular complexity index is 1530. The van der Waals surface area contributed by atoms with E-state index in [1.54, 1.807) is 18.2 Å². The number of hydrogen-bond acceptors (Lipinski definition) is 5. The van der Waals surface area contributed by atoms with Gasteiger partial charge >= 0.3 is 0 Å². The molecule has 0 saturated carbocycles. The monoisotopic (exact) mass is 483 g/mol. The lowest BCUT2D eigenvalue weighted by Crippen LogP contribution is -2.27. The first-order valence-corrected chi connectivity index (χ1v) is 11.8. The van der Waals surface area contributed by atoms with E-state index in [4.69, 9.17) is 0 Å². The van der Waals surface area contributed by atoms with Crippen LogP contribution in [0.2, 0.25) is 0 Å². The van der Waals surface area contributed by atoms with Crippen molar-refractivity contribution in [2.45, 2.75) is 20.4 Å². The Morgan fingerprint density at radius 1 is 0.971 bits per heavy atom. The molecule has 35 heavy (non-hydrogen) atoms. The normalized spacial score (nSPS) is 14.9. The summed E-state index contributed by atoms with van der Waals surface area (Å²) in [7, 11) is 0. The minimum atomic E-state index is -0.432. The van der Waals surface area contributed by atoms with Gasteiger partial charge in [-0.1, -0.05) is 42.5 Å². The molecule has 3 aromatic carbocycles. The zero-order chi connectivity index (χ0) is 24.7. The molecule has 0 N–H and O–H groups in total. The summed E-state index contributed by atoms with van der Waals surface area (Å²) in [6.07, 6.45) is 1.75. The van der Waals surface area contributed by atoms with E-state index in [9.17, 15) is 19.7 Å². The molecule has 1 aromatic heterocycles. The summed E-state index contributed by atoms with van der Waals surface area (Å²) in [6, 6.07) is 22.0. The lowest BCUT2D eigenvalue weighted by molar-refractivity contribution is -0.384. The van der Waals surface area contributed by atoms with Crippen molar-refractivity contribution in [2.75, 3.05) is 0 Å². The van der Waals surface area contributed by atoms with Crippen molar-refractivity contribution in [1.82, 2.24) is 9.47 Å².